The van der Waals surface area contributed by atoms with Gasteiger partial charge in [-0.2, -0.15) is 0 Å². The van der Waals surface area contributed by atoms with Crippen molar-refractivity contribution in [1.82, 2.24) is 10.6 Å². The number of nitrogens with zero attached hydrogens (tertiary/aromatic N) is 1. The number of aliphatic imine (C=N–C) groups is 1. The van der Waals surface area contributed by atoms with Crippen LogP contribution in [0.3, 0.4) is 0 Å². The lowest BCUT2D eigenvalue weighted by atomic mass is 9.96. The van der Waals surface area contributed by atoms with Gasteiger partial charge in [-0.1, -0.05) is 0 Å². The van der Waals surface area contributed by atoms with Gasteiger partial charge in [-0.05, 0) is 31.4 Å². The van der Waals surface area contributed by atoms with Crippen molar-refractivity contribution >= 4 is 27.3 Å². The molecular weight excluding hydrogens is 324 g/mol. The van der Waals surface area contributed by atoms with E-state index in [9.17, 15) is 8.42 Å². The van der Waals surface area contributed by atoms with E-state index in [4.69, 9.17) is 9.88 Å². The maximum atomic E-state index is 11.3. The summed E-state index contributed by atoms with van der Waals surface area (Å²) in [5, 5.41) is 11.7. The zero-order chi connectivity index (χ0) is 15.7. The first-order valence-corrected chi connectivity index (χ1v) is 9.56. The number of hydrogen-bond donors (Lipinski definition) is 3. The number of nitrogens with one attached hydrogen (secondary N) is 2. The molecule has 2 aliphatic heterocycles. The summed E-state index contributed by atoms with van der Waals surface area (Å²) in [4.78, 5) is 5.09. The third-order valence-electron chi connectivity index (χ3n) is 4.00. The highest BCUT2D eigenvalue weighted by Crippen LogP contribution is 2.34. The van der Waals surface area contributed by atoms with Crippen molar-refractivity contribution in [2.45, 2.75) is 48.3 Å². The summed E-state index contributed by atoms with van der Waals surface area (Å²) < 4.78 is 28.5. The Morgan fingerprint density at radius 1 is 1.50 bits per heavy atom. The molecule has 1 aromatic heterocycles. The number of rotatable bonds is 4. The monoisotopic (exact) mass is 344 g/mol. The Balaban J connectivity index is 1.54. The van der Waals surface area contributed by atoms with Gasteiger partial charge in [0.2, 0.25) is 10.0 Å². The lowest BCUT2D eigenvalue weighted by molar-refractivity contribution is 0.0992. The summed E-state index contributed by atoms with van der Waals surface area (Å²) in [6, 6.07) is 3.58. The van der Waals surface area contributed by atoms with Gasteiger partial charge in [0.05, 0.1) is 24.8 Å². The van der Waals surface area contributed by atoms with Crippen molar-refractivity contribution in [1.29, 1.82) is 0 Å². The van der Waals surface area contributed by atoms with Crippen LogP contribution >= 0.6 is 11.3 Å². The number of fused-ring (bicyclic) bond motifs is 2. The van der Waals surface area contributed by atoms with Crippen molar-refractivity contribution in [3.63, 3.8) is 0 Å². The quantitative estimate of drug-likeness (QED) is 0.541. The molecule has 122 valence electrons. The highest BCUT2D eigenvalue weighted by molar-refractivity contribution is 7.91. The van der Waals surface area contributed by atoms with Gasteiger partial charge in [0.1, 0.15) is 4.21 Å². The predicted octanol–water partition coefficient (Wildman–Crippen LogP) is 0.380. The van der Waals surface area contributed by atoms with Gasteiger partial charge >= 0.3 is 0 Å². The lowest BCUT2D eigenvalue weighted by Crippen LogP contribution is -2.47. The average Bonchev–Trinajstić information content (AvgIpc) is 3.18. The van der Waals surface area contributed by atoms with Gasteiger partial charge in [-0.15, -0.1) is 11.3 Å². The van der Waals surface area contributed by atoms with Crippen LogP contribution in [0.15, 0.2) is 21.3 Å². The highest BCUT2D eigenvalue weighted by Gasteiger charge is 2.41. The minimum Gasteiger partial charge on any atom is -0.373 e. The molecule has 3 rings (SSSR count). The SMILES string of the molecule is CN=C(NCc1ccc(S(N)(=O)=O)s1)NC1CC2CCC1O2. The molecule has 9 heteroatoms. The predicted molar refractivity (Wildman–Crippen MR) is 85.3 cm³/mol. The fraction of sp³-hybridized carbons (Fsp3) is 0.615. The minimum absolute atomic E-state index is 0.175. The van der Waals surface area contributed by atoms with Crippen LogP contribution in [0.2, 0.25) is 0 Å². The number of ether oxygens (including phenoxy) is 1. The molecule has 2 aliphatic rings. The fourth-order valence-corrected chi connectivity index (χ4v) is 4.66. The van der Waals surface area contributed by atoms with Gasteiger partial charge in [0.15, 0.2) is 5.96 Å². The van der Waals surface area contributed by atoms with Crippen molar-refractivity contribution in [3.8, 4) is 0 Å². The molecule has 3 unspecified atom stereocenters. The van der Waals surface area contributed by atoms with Crippen LogP contribution in [-0.4, -0.2) is 39.7 Å². The smallest absolute Gasteiger partial charge is 0.247 e. The van der Waals surface area contributed by atoms with E-state index in [1.165, 1.54) is 6.07 Å². The summed E-state index contributed by atoms with van der Waals surface area (Å²) in [6.45, 7) is 0.502. The van der Waals surface area contributed by atoms with Crippen LogP contribution in [-0.2, 0) is 21.3 Å². The lowest BCUT2D eigenvalue weighted by Gasteiger charge is -2.22. The summed E-state index contributed by atoms with van der Waals surface area (Å²) in [5.41, 5.74) is 0. The zero-order valence-electron chi connectivity index (χ0n) is 12.3. The van der Waals surface area contributed by atoms with E-state index in [1.54, 1.807) is 13.1 Å². The average molecular weight is 344 g/mol. The summed E-state index contributed by atoms with van der Waals surface area (Å²) in [7, 11) is -1.91. The third kappa shape index (κ3) is 3.43. The van der Waals surface area contributed by atoms with Gasteiger partial charge in [-0.25, -0.2) is 13.6 Å². The molecule has 0 saturated carbocycles. The number of sulfonamides is 1. The Morgan fingerprint density at radius 3 is 2.86 bits per heavy atom. The van der Waals surface area contributed by atoms with Gasteiger partial charge in [0, 0.05) is 11.9 Å². The van der Waals surface area contributed by atoms with Crippen LogP contribution in [0, 0.1) is 0 Å². The van der Waals surface area contributed by atoms with E-state index >= 15 is 0 Å². The number of thiophene rings is 1. The molecule has 4 N–H and O–H groups in total. The fourth-order valence-electron chi connectivity index (χ4n) is 2.94. The van der Waals surface area contributed by atoms with Gasteiger partial charge in [0.25, 0.3) is 0 Å². The van der Waals surface area contributed by atoms with E-state index in [2.05, 4.69) is 15.6 Å². The number of nitrogens with two attached hydrogens (primary N) is 1. The molecule has 2 bridgehead atoms. The third-order valence-corrected chi connectivity index (χ3v) is 6.52. The van der Waals surface area contributed by atoms with Crippen molar-refractivity contribution in [2.75, 3.05) is 7.05 Å². The first kappa shape index (κ1) is 15.7. The van der Waals surface area contributed by atoms with Crippen LogP contribution in [0.4, 0.5) is 0 Å². The van der Waals surface area contributed by atoms with E-state index in [0.717, 1.165) is 35.5 Å². The summed E-state index contributed by atoms with van der Waals surface area (Å²) in [6.07, 6.45) is 3.93. The maximum absolute atomic E-state index is 11.3. The first-order chi connectivity index (χ1) is 10.5. The Kier molecular flexibility index (Phi) is 4.40. The normalized spacial score (nSPS) is 28.1. The largest absolute Gasteiger partial charge is 0.373 e. The first-order valence-electron chi connectivity index (χ1n) is 7.20. The molecule has 7 nitrogen and oxygen atoms in total. The van der Waals surface area contributed by atoms with Crippen LogP contribution in [0.25, 0.3) is 0 Å². The van der Waals surface area contributed by atoms with Crippen molar-refractivity contribution in [3.05, 3.63) is 17.0 Å². The van der Waals surface area contributed by atoms with Gasteiger partial charge in [-0.3, -0.25) is 4.99 Å². The molecule has 0 radical (unpaired) electrons. The standard InChI is InChI=1S/C13H20N4O3S2/c1-15-13(17-10-6-8-2-4-11(10)20-8)16-7-9-3-5-12(21-9)22(14,18)19/h3,5,8,10-11H,2,4,6-7H2,1H3,(H2,14,18,19)(H2,15,16,17). The van der Waals surface area contributed by atoms with E-state index < -0.39 is 10.0 Å². The summed E-state index contributed by atoms with van der Waals surface area (Å²) >= 11 is 1.16. The van der Waals surface area contributed by atoms with Crippen LogP contribution < -0.4 is 15.8 Å². The topological polar surface area (TPSA) is 106 Å². The molecule has 22 heavy (non-hydrogen) atoms. The van der Waals surface area contributed by atoms with Crippen molar-refractivity contribution in [2.24, 2.45) is 10.1 Å². The summed E-state index contributed by atoms with van der Waals surface area (Å²) in [5.74, 6) is 0.701. The number of guanidine groups is 1. The van der Waals surface area contributed by atoms with Crippen LogP contribution in [0.5, 0.6) is 0 Å². The molecule has 2 fully saturated rings. The van der Waals surface area contributed by atoms with Crippen LogP contribution in [0.1, 0.15) is 24.1 Å². The second kappa shape index (κ2) is 6.15. The Morgan fingerprint density at radius 2 is 2.32 bits per heavy atom. The Bertz CT molecular complexity index is 671. The minimum atomic E-state index is -3.62. The van der Waals surface area contributed by atoms with E-state index in [0.29, 0.717) is 24.7 Å². The highest BCUT2D eigenvalue weighted by atomic mass is 32.2. The maximum Gasteiger partial charge on any atom is 0.247 e. The number of primary sulfonamides is 1. The molecule has 0 spiro atoms. The molecule has 0 amide bonds. The van der Waals surface area contributed by atoms with E-state index in [1.807, 2.05) is 0 Å². The molecular formula is C13H20N4O3S2. The molecule has 1 aromatic rings. The van der Waals surface area contributed by atoms with Gasteiger partial charge < -0.3 is 15.4 Å². The second-order valence-electron chi connectivity index (χ2n) is 5.55. The molecule has 3 heterocycles. The molecule has 0 aliphatic carbocycles. The zero-order valence-corrected chi connectivity index (χ0v) is 13.9. The number of hydrogen-bond acceptors (Lipinski definition) is 5. The molecule has 2 saturated heterocycles. The second-order valence-corrected chi connectivity index (χ2v) is 8.51. The van der Waals surface area contributed by atoms with Crippen molar-refractivity contribution < 1.29 is 13.2 Å². The molecule has 0 aromatic carbocycles. The molecule has 3 atom stereocenters. The Labute approximate surface area is 134 Å². The van der Waals surface area contributed by atoms with E-state index in [-0.39, 0.29) is 10.3 Å². The Hall–Kier alpha value is -1.16.